The van der Waals surface area contributed by atoms with Crippen LogP contribution in [0.2, 0.25) is 0 Å². The molecule has 2 aromatic carbocycles. The summed E-state index contributed by atoms with van der Waals surface area (Å²) in [4.78, 5) is 28.7. The standard InChI is InChI=1S/C21H23N3O3/c1-15-4-10-19(11-5-15)27-13-12-23(3)20(25)17-6-8-18(9-7-17)24-16(2)14-22-21(24)26/h4-11,14H,12-13H2,1-3H3,(H,22,26). The Labute approximate surface area is 158 Å². The lowest BCUT2D eigenvalue weighted by Gasteiger charge is -2.18. The van der Waals surface area contributed by atoms with Crippen LogP contribution in [0.3, 0.4) is 0 Å². The smallest absolute Gasteiger partial charge is 0.330 e. The molecule has 6 nitrogen and oxygen atoms in total. The second-order valence-corrected chi connectivity index (χ2v) is 6.51. The highest BCUT2D eigenvalue weighted by molar-refractivity contribution is 5.94. The molecule has 1 N–H and O–H groups in total. The number of rotatable bonds is 6. The predicted molar refractivity (Wildman–Crippen MR) is 105 cm³/mol. The number of nitrogens with one attached hydrogen (secondary N) is 1. The highest BCUT2D eigenvalue weighted by atomic mass is 16.5. The lowest BCUT2D eigenvalue weighted by Crippen LogP contribution is -2.30. The molecule has 0 bridgehead atoms. The SMILES string of the molecule is Cc1ccc(OCCN(C)C(=O)c2ccc(-n3c(C)c[nH]c3=O)cc2)cc1. The maximum absolute atomic E-state index is 12.6. The van der Waals surface area contributed by atoms with Crippen LogP contribution in [0, 0.1) is 13.8 Å². The third-order valence-corrected chi connectivity index (χ3v) is 4.40. The molecule has 0 spiro atoms. The summed E-state index contributed by atoms with van der Waals surface area (Å²) in [5.41, 5.74) is 3.08. The number of hydrogen-bond donors (Lipinski definition) is 1. The topological polar surface area (TPSA) is 67.3 Å². The number of benzene rings is 2. The number of imidazole rings is 1. The molecule has 0 aliphatic rings. The van der Waals surface area contributed by atoms with Crippen LogP contribution in [0.4, 0.5) is 0 Å². The van der Waals surface area contributed by atoms with Gasteiger partial charge in [-0.3, -0.25) is 9.36 Å². The van der Waals surface area contributed by atoms with Crippen LogP contribution < -0.4 is 10.4 Å². The van der Waals surface area contributed by atoms with E-state index in [1.165, 1.54) is 5.56 Å². The molecule has 3 rings (SSSR count). The third kappa shape index (κ3) is 4.28. The van der Waals surface area contributed by atoms with Crippen molar-refractivity contribution in [1.82, 2.24) is 14.5 Å². The summed E-state index contributed by atoms with van der Waals surface area (Å²) in [5.74, 6) is 0.699. The molecule has 0 aliphatic heterocycles. The zero-order valence-corrected chi connectivity index (χ0v) is 15.7. The highest BCUT2D eigenvalue weighted by Crippen LogP contribution is 2.13. The van der Waals surface area contributed by atoms with Crippen molar-refractivity contribution in [3.8, 4) is 11.4 Å². The summed E-state index contributed by atoms with van der Waals surface area (Å²) >= 11 is 0. The number of likely N-dealkylation sites (N-methyl/N-ethyl adjacent to an activating group) is 1. The normalized spacial score (nSPS) is 10.6. The Bertz CT molecular complexity index is 969. The summed E-state index contributed by atoms with van der Waals surface area (Å²) in [5, 5.41) is 0. The maximum Gasteiger partial charge on any atom is 0.330 e. The lowest BCUT2D eigenvalue weighted by atomic mass is 10.2. The number of aryl methyl sites for hydroxylation is 2. The van der Waals surface area contributed by atoms with Gasteiger partial charge in [0.15, 0.2) is 0 Å². The number of carbonyl (C=O) groups excluding carboxylic acids is 1. The maximum atomic E-state index is 12.6. The number of ether oxygens (including phenoxy) is 1. The molecule has 140 valence electrons. The quantitative estimate of drug-likeness (QED) is 0.730. The van der Waals surface area contributed by atoms with E-state index in [0.717, 1.165) is 17.1 Å². The molecule has 0 saturated carbocycles. The molecule has 0 aliphatic carbocycles. The second kappa shape index (κ2) is 7.95. The first kappa shape index (κ1) is 18.5. The van der Waals surface area contributed by atoms with Crippen LogP contribution in [0.15, 0.2) is 59.5 Å². The number of amides is 1. The Morgan fingerprint density at radius 3 is 2.33 bits per heavy atom. The van der Waals surface area contributed by atoms with Crippen molar-refractivity contribution in [3.05, 3.63) is 82.0 Å². The van der Waals surface area contributed by atoms with E-state index in [4.69, 9.17) is 4.74 Å². The Hall–Kier alpha value is -3.28. The first-order valence-electron chi connectivity index (χ1n) is 8.78. The van der Waals surface area contributed by atoms with Gasteiger partial charge in [-0.1, -0.05) is 17.7 Å². The summed E-state index contributed by atoms with van der Waals surface area (Å²) < 4.78 is 7.24. The van der Waals surface area contributed by atoms with Gasteiger partial charge >= 0.3 is 5.69 Å². The van der Waals surface area contributed by atoms with Gasteiger partial charge in [0.05, 0.1) is 12.2 Å². The molecule has 1 heterocycles. The zero-order chi connectivity index (χ0) is 19.4. The zero-order valence-electron chi connectivity index (χ0n) is 15.7. The molecule has 0 atom stereocenters. The number of carbonyl (C=O) groups is 1. The van der Waals surface area contributed by atoms with Crippen molar-refractivity contribution in [1.29, 1.82) is 0 Å². The summed E-state index contributed by atoms with van der Waals surface area (Å²) in [6.45, 7) is 4.76. The van der Waals surface area contributed by atoms with Crippen LogP contribution in [0.1, 0.15) is 21.6 Å². The number of H-pyrrole nitrogens is 1. The van der Waals surface area contributed by atoms with Gasteiger partial charge in [-0.15, -0.1) is 0 Å². The van der Waals surface area contributed by atoms with Gasteiger partial charge in [0.25, 0.3) is 5.91 Å². The van der Waals surface area contributed by atoms with Crippen molar-refractivity contribution in [2.75, 3.05) is 20.2 Å². The van der Waals surface area contributed by atoms with E-state index < -0.39 is 0 Å². The van der Waals surface area contributed by atoms with Gasteiger partial charge in [0, 0.05) is 24.5 Å². The molecule has 3 aromatic rings. The Morgan fingerprint density at radius 1 is 1.07 bits per heavy atom. The van der Waals surface area contributed by atoms with Gasteiger partial charge < -0.3 is 14.6 Å². The first-order chi connectivity index (χ1) is 13.0. The summed E-state index contributed by atoms with van der Waals surface area (Å²) in [6, 6.07) is 14.8. The molecular formula is C21H23N3O3. The Morgan fingerprint density at radius 2 is 1.74 bits per heavy atom. The van der Waals surface area contributed by atoms with Gasteiger partial charge in [-0.25, -0.2) is 4.79 Å². The van der Waals surface area contributed by atoms with E-state index in [9.17, 15) is 9.59 Å². The largest absolute Gasteiger partial charge is 0.492 e. The molecule has 0 unspecified atom stereocenters. The molecule has 0 fully saturated rings. The van der Waals surface area contributed by atoms with Crippen LogP contribution in [-0.2, 0) is 0 Å². The molecular weight excluding hydrogens is 342 g/mol. The van der Waals surface area contributed by atoms with Crippen LogP contribution in [0.25, 0.3) is 5.69 Å². The van der Waals surface area contributed by atoms with Crippen molar-refractivity contribution >= 4 is 5.91 Å². The fourth-order valence-corrected chi connectivity index (χ4v) is 2.79. The molecule has 1 amide bonds. The fraction of sp³-hybridized carbons (Fsp3) is 0.238. The highest BCUT2D eigenvalue weighted by Gasteiger charge is 2.12. The minimum absolute atomic E-state index is 0.0906. The van der Waals surface area contributed by atoms with E-state index >= 15 is 0 Å². The van der Waals surface area contributed by atoms with Crippen molar-refractivity contribution in [2.24, 2.45) is 0 Å². The van der Waals surface area contributed by atoms with Crippen molar-refractivity contribution in [3.63, 3.8) is 0 Å². The van der Waals surface area contributed by atoms with E-state index in [1.54, 1.807) is 47.0 Å². The molecule has 6 heteroatoms. The van der Waals surface area contributed by atoms with Gasteiger partial charge in [-0.05, 0) is 50.2 Å². The van der Waals surface area contributed by atoms with Crippen LogP contribution in [-0.4, -0.2) is 40.6 Å². The number of aromatic nitrogens is 2. The third-order valence-electron chi connectivity index (χ3n) is 4.40. The van der Waals surface area contributed by atoms with Gasteiger partial charge in [0.2, 0.25) is 0 Å². The van der Waals surface area contributed by atoms with Crippen molar-refractivity contribution in [2.45, 2.75) is 13.8 Å². The van der Waals surface area contributed by atoms with Crippen molar-refractivity contribution < 1.29 is 9.53 Å². The summed E-state index contributed by atoms with van der Waals surface area (Å²) in [7, 11) is 1.75. The fourth-order valence-electron chi connectivity index (χ4n) is 2.79. The Balaban J connectivity index is 1.59. The summed E-state index contributed by atoms with van der Waals surface area (Å²) in [6.07, 6.45) is 1.66. The number of nitrogens with zero attached hydrogens (tertiary/aromatic N) is 2. The molecule has 0 saturated heterocycles. The number of aromatic amines is 1. The average molecular weight is 365 g/mol. The second-order valence-electron chi connectivity index (χ2n) is 6.51. The minimum atomic E-state index is -0.197. The molecule has 27 heavy (non-hydrogen) atoms. The van der Waals surface area contributed by atoms with E-state index in [1.807, 2.05) is 38.1 Å². The lowest BCUT2D eigenvalue weighted by molar-refractivity contribution is 0.0774. The van der Waals surface area contributed by atoms with Gasteiger partial charge in [-0.2, -0.15) is 0 Å². The number of hydrogen-bond acceptors (Lipinski definition) is 3. The first-order valence-corrected chi connectivity index (χ1v) is 8.78. The van der Waals surface area contributed by atoms with Crippen LogP contribution in [0.5, 0.6) is 5.75 Å². The Kier molecular flexibility index (Phi) is 5.45. The minimum Gasteiger partial charge on any atom is -0.492 e. The average Bonchev–Trinajstić information content (AvgIpc) is 3.01. The van der Waals surface area contributed by atoms with Gasteiger partial charge in [0.1, 0.15) is 12.4 Å². The predicted octanol–water partition coefficient (Wildman–Crippen LogP) is 2.93. The van der Waals surface area contributed by atoms with E-state index in [2.05, 4.69) is 4.98 Å². The van der Waals surface area contributed by atoms with E-state index in [-0.39, 0.29) is 11.6 Å². The monoisotopic (exact) mass is 365 g/mol. The molecule has 1 aromatic heterocycles. The van der Waals surface area contributed by atoms with Crippen LogP contribution >= 0.6 is 0 Å². The van der Waals surface area contributed by atoms with E-state index in [0.29, 0.717) is 18.7 Å². The molecule has 0 radical (unpaired) electrons.